The van der Waals surface area contributed by atoms with Crippen LogP contribution in [0.5, 0.6) is 0 Å². The zero-order chi connectivity index (χ0) is 14.7. The van der Waals surface area contributed by atoms with Crippen molar-refractivity contribution in [3.05, 3.63) is 66.4 Å². The van der Waals surface area contributed by atoms with Crippen molar-refractivity contribution in [3.8, 4) is 22.4 Å². The summed E-state index contributed by atoms with van der Waals surface area (Å²) < 4.78 is 0. The number of aliphatic hydroxyl groups excluding tert-OH is 1. The van der Waals surface area contributed by atoms with Gasteiger partial charge in [0.05, 0.1) is 11.8 Å². The quantitative estimate of drug-likeness (QED) is 0.752. The number of hydrogen-bond donors (Lipinski definition) is 2. The van der Waals surface area contributed by atoms with E-state index < -0.39 is 0 Å². The van der Waals surface area contributed by atoms with E-state index in [-0.39, 0.29) is 6.10 Å². The van der Waals surface area contributed by atoms with E-state index in [0.29, 0.717) is 0 Å². The molecule has 0 spiro atoms. The minimum atomic E-state index is -0.379. The zero-order valence-corrected chi connectivity index (χ0v) is 12.0. The van der Waals surface area contributed by atoms with Crippen molar-refractivity contribution in [1.82, 2.24) is 10.2 Å². The number of benzene rings is 2. The van der Waals surface area contributed by atoms with Crippen molar-refractivity contribution in [3.63, 3.8) is 0 Å². The molecule has 1 heterocycles. The number of aliphatic hydroxyl groups is 1. The second-order valence-electron chi connectivity index (χ2n) is 5.10. The lowest BCUT2D eigenvalue weighted by molar-refractivity contribution is 0.173. The van der Waals surface area contributed by atoms with Gasteiger partial charge in [-0.1, -0.05) is 49.4 Å². The fourth-order valence-electron chi connectivity index (χ4n) is 2.42. The first-order chi connectivity index (χ1) is 10.3. The molecule has 0 fully saturated rings. The average molecular weight is 278 g/mol. The normalized spacial score (nSPS) is 12.3. The Bertz CT molecular complexity index is 702. The maximum absolute atomic E-state index is 9.85. The van der Waals surface area contributed by atoms with Gasteiger partial charge in [0.25, 0.3) is 0 Å². The third-order valence-electron chi connectivity index (χ3n) is 3.69. The maximum atomic E-state index is 9.85. The van der Waals surface area contributed by atoms with Gasteiger partial charge >= 0.3 is 0 Å². The third-order valence-corrected chi connectivity index (χ3v) is 3.69. The van der Waals surface area contributed by atoms with E-state index in [9.17, 15) is 5.11 Å². The van der Waals surface area contributed by atoms with Crippen LogP contribution in [-0.2, 0) is 0 Å². The number of aromatic amines is 1. The SMILES string of the molecule is CC[C@@H](O)c1ccc(-c2cccc(-c3ccn[nH]3)c2)cc1. The van der Waals surface area contributed by atoms with Gasteiger partial charge in [-0.15, -0.1) is 0 Å². The van der Waals surface area contributed by atoms with E-state index in [1.54, 1.807) is 6.20 Å². The zero-order valence-electron chi connectivity index (χ0n) is 12.0. The lowest BCUT2D eigenvalue weighted by Gasteiger charge is -2.09. The largest absolute Gasteiger partial charge is 0.388 e. The summed E-state index contributed by atoms with van der Waals surface area (Å²) in [6.07, 6.45) is 2.10. The molecule has 2 N–H and O–H groups in total. The summed E-state index contributed by atoms with van der Waals surface area (Å²) in [6, 6.07) is 18.4. The molecular formula is C18H18N2O. The van der Waals surface area contributed by atoms with E-state index in [2.05, 4.69) is 40.5 Å². The van der Waals surface area contributed by atoms with Gasteiger partial charge in [-0.25, -0.2) is 0 Å². The number of nitrogens with one attached hydrogen (secondary N) is 1. The molecule has 0 unspecified atom stereocenters. The number of H-pyrrole nitrogens is 1. The minimum Gasteiger partial charge on any atom is -0.388 e. The monoisotopic (exact) mass is 278 g/mol. The molecule has 1 aromatic heterocycles. The molecule has 0 aliphatic heterocycles. The second kappa shape index (κ2) is 5.94. The molecule has 0 aliphatic rings. The van der Waals surface area contributed by atoms with Crippen LogP contribution in [0, 0.1) is 0 Å². The van der Waals surface area contributed by atoms with E-state index in [4.69, 9.17) is 0 Å². The highest BCUT2D eigenvalue weighted by atomic mass is 16.3. The topological polar surface area (TPSA) is 48.9 Å². The highest BCUT2D eigenvalue weighted by Crippen LogP contribution is 2.26. The molecular weight excluding hydrogens is 260 g/mol. The third kappa shape index (κ3) is 2.88. The summed E-state index contributed by atoms with van der Waals surface area (Å²) in [5, 5.41) is 16.8. The minimum absolute atomic E-state index is 0.379. The van der Waals surface area contributed by atoms with Crippen LogP contribution in [0.3, 0.4) is 0 Å². The average Bonchev–Trinajstić information content (AvgIpc) is 3.09. The van der Waals surface area contributed by atoms with Gasteiger partial charge in [0, 0.05) is 11.8 Å². The van der Waals surface area contributed by atoms with Gasteiger partial charge < -0.3 is 5.11 Å². The standard InChI is InChI=1S/C18H18N2O/c1-2-18(21)14-8-6-13(7-9-14)15-4-3-5-16(12-15)17-10-11-19-20-17/h3-12,18,21H,2H2,1H3,(H,19,20)/t18-/m1/s1. The molecule has 3 nitrogen and oxygen atoms in total. The van der Waals surface area contributed by atoms with E-state index in [1.807, 2.05) is 31.2 Å². The Morgan fingerprint density at radius 3 is 2.43 bits per heavy atom. The number of nitrogens with zero attached hydrogens (tertiary/aromatic N) is 1. The molecule has 3 aromatic rings. The first-order valence-corrected chi connectivity index (χ1v) is 7.16. The molecule has 2 aromatic carbocycles. The van der Waals surface area contributed by atoms with Crippen molar-refractivity contribution < 1.29 is 5.11 Å². The van der Waals surface area contributed by atoms with E-state index >= 15 is 0 Å². The van der Waals surface area contributed by atoms with Crippen LogP contribution in [0.4, 0.5) is 0 Å². The van der Waals surface area contributed by atoms with Gasteiger partial charge in [0.2, 0.25) is 0 Å². The van der Waals surface area contributed by atoms with Crippen molar-refractivity contribution in [1.29, 1.82) is 0 Å². The Kier molecular flexibility index (Phi) is 3.84. The molecule has 106 valence electrons. The van der Waals surface area contributed by atoms with Gasteiger partial charge in [0.1, 0.15) is 0 Å². The lowest BCUT2D eigenvalue weighted by atomic mass is 9.99. The van der Waals surface area contributed by atoms with Crippen LogP contribution in [0.2, 0.25) is 0 Å². The smallest absolute Gasteiger partial charge is 0.0787 e. The first kappa shape index (κ1) is 13.6. The fourth-order valence-corrected chi connectivity index (χ4v) is 2.42. The fraction of sp³-hybridized carbons (Fsp3) is 0.167. The Labute approximate surface area is 124 Å². The lowest BCUT2D eigenvalue weighted by Crippen LogP contribution is -1.94. The molecule has 3 heteroatoms. The van der Waals surface area contributed by atoms with Crippen LogP contribution in [0.25, 0.3) is 22.4 Å². The van der Waals surface area contributed by atoms with Gasteiger partial charge in [0.15, 0.2) is 0 Å². The molecule has 3 rings (SSSR count). The second-order valence-corrected chi connectivity index (χ2v) is 5.10. The molecule has 0 saturated heterocycles. The number of rotatable bonds is 4. The molecule has 0 saturated carbocycles. The molecule has 21 heavy (non-hydrogen) atoms. The first-order valence-electron chi connectivity index (χ1n) is 7.16. The van der Waals surface area contributed by atoms with Gasteiger partial charge in [-0.2, -0.15) is 5.10 Å². The van der Waals surface area contributed by atoms with E-state index in [0.717, 1.165) is 34.4 Å². The molecule has 0 amide bonds. The van der Waals surface area contributed by atoms with Crippen LogP contribution < -0.4 is 0 Å². The van der Waals surface area contributed by atoms with Gasteiger partial charge in [-0.05, 0) is 35.2 Å². The van der Waals surface area contributed by atoms with Crippen molar-refractivity contribution >= 4 is 0 Å². The Morgan fingerprint density at radius 1 is 1.00 bits per heavy atom. The predicted octanol–water partition coefficient (Wildman–Crippen LogP) is 4.19. The summed E-state index contributed by atoms with van der Waals surface area (Å²) >= 11 is 0. The Morgan fingerprint density at radius 2 is 1.76 bits per heavy atom. The molecule has 0 bridgehead atoms. The van der Waals surface area contributed by atoms with Crippen LogP contribution in [-0.4, -0.2) is 15.3 Å². The molecule has 0 radical (unpaired) electrons. The van der Waals surface area contributed by atoms with Crippen molar-refractivity contribution in [2.24, 2.45) is 0 Å². The van der Waals surface area contributed by atoms with E-state index in [1.165, 1.54) is 0 Å². The highest BCUT2D eigenvalue weighted by molar-refractivity contribution is 5.71. The summed E-state index contributed by atoms with van der Waals surface area (Å²) in [4.78, 5) is 0. The summed E-state index contributed by atoms with van der Waals surface area (Å²) in [7, 11) is 0. The molecule has 0 aliphatic carbocycles. The maximum Gasteiger partial charge on any atom is 0.0787 e. The number of hydrogen-bond acceptors (Lipinski definition) is 2. The summed E-state index contributed by atoms with van der Waals surface area (Å²) in [5.74, 6) is 0. The van der Waals surface area contributed by atoms with Crippen LogP contribution in [0.1, 0.15) is 25.0 Å². The predicted molar refractivity (Wildman–Crippen MR) is 84.7 cm³/mol. The van der Waals surface area contributed by atoms with Crippen LogP contribution in [0.15, 0.2) is 60.8 Å². The highest BCUT2D eigenvalue weighted by Gasteiger charge is 2.06. The van der Waals surface area contributed by atoms with Crippen molar-refractivity contribution in [2.75, 3.05) is 0 Å². The Balaban J connectivity index is 1.92. The summed E-state index contributed by atoms with van der Waals surface area (Å²) in [5.41, 5.74) is 5.38. The van der Waals surface area contributed by atoms with Crippen LogP contribution >= 0.6 is 0 Å². The van der Waals surface area contributed by atoms with Gasteiger partial charge in [-0.3, -0.25) is 5.10 Å². The number of aromatic nitrogens is 2. The van der Waals surface area contributed by atoms with Crippen molar-refractivity contribution in [2.45, 2.75) is 19.4 Å². The molecule has 1 atom stereocenters. The Hall–Kier alpha value is -2.39. The summed E-state index contributed by atoms with van der Waals surface area (Å²) in [6.45, 7) is 1.98.